The maximum absolute atomic E-state index is 11.7. The van der Waals surface area contributed by atoms with Crippen LogP contribution in [0.1, 0.15) is 0 Å². The molecule has 0 amide bonds. The molecule has 0 saturated heterocycles. The minimum Gasteiger partial charge on any atom is -0.211 e. The Morgan fingerprint density at radius 2 is 1.85 bits per heavy atom. The highest BCUT2D eigenvalue weighted by atomic mass is 32.3. The summed E-state index contributed by atoms with van der Waals surface area (Å²) in [5, 5.41) is 0.133. The average molecular weight is 239 g/mol. The molecule has 5 nitrogen and oxygen atoms in total. The van der Waals surface area contributed by atoms with E-state index >= 15 is 0 Å². The lowest BCUT2D eigenvalue weighted by atomic mass is 11.3. The molecule has 0 spiro atoms. The van der Waals surface area contributed by atoms with Crippen LogP contribution in [-0.2, 0) is 24.4 Å². The van der Waals surface area contributed by atoms with E-state index in [1.807, 2.05) is 3.77 Å². The van der Waals surface area contributed by atoms with Crippen LogP contribution in [0.5, 0.6) is 0 Å². The zero-order valence-electron chi connectivity index (χ0n) is 5.89. The fraction of sp³-hybridized carbons (Fsp3) is 0.333. The first kappa shape index (κ1) is 12.4. The number of sulfonamides is 1. The highest BCUT2D eigenvalue weighted by Crippen LogP contribution is 2.14. The van der Waals surface area contributed by atoms with Crippen LogP contribution in [0.25, 0.3) is 0 Å². The van der Waals surface area contributed by atoms with Crippen molar-refractivity contribution in [3.63, 3.8) is 0 Å². The summed E-state index contributed by atoms with van der Waals surface area (Å²) in [6.45, 7) is 2.68. The topological polar surface area (TPSA) is 72.8 Å². The molecular weight excluding hydrogens is 235 g/mol. The van der Waals surface area contributed by atoms with Gasteiger partial charge < -0.3 is 0 Å². The van der Waals surface area contributed by atoms with E-state index in [4.69, 9.17) is 0 Å². The highest BCUT2D eigenvalue weighted by molar-refractivity contribution is 8.02. The Labute approximate surface area is 72.5 Å². The van der Waals surface area contributed by atoms with Crippen LogP contribution in [0.15, 0.2) is 15.8 Å². The number of halogens is 3. The van der Waals surface area contributed by atoms with Crippen molar-refractivity contribution in [1.29, 1.82) is 0 Å². The smallest absolute Gasteiger partial charge is 0.211 e. The van der Waals surface area contributed by atoms with Gasteiger partial charge in [0.25, 0.3) is 20.0 Å². The first-order chi connectivity index (χ1) is 5.77. The van der Waals surface area contributed by atoms with Gasteiger partial charge in [0.1, 0.15) is 0 Å². The number of rotatable bonds is 4. The third-order valence-electron chi connectivity index (χ3n) is 0.734. The van der Waals surface area contributed by atoms with E-state index in [0.717, 1.165) is 0 Å². The molecule has 0 aromatic carbocycles. The van der Waals surface area contributed by atoms with Crippen molar-refractivity contribution in [3.05, 3.63) is 12.0 Å². The first-order valence-electron chi connectivity index (χ1n) is 2.50. The lowest BCUT2D eigenvalue weighted by molar-refractivity contribution is -0.000774. The molecule has 0 radical (unpaired) electrons. The molecule has 0 aliphatic heterocycles. The second-order valence-corrected chi connectivity index (χ2v) is 5.07. The molecule has 0 saturated carbocycles. The van der Waals surface area contributed by atoms with E-state index in [-0.39, 0.29) is 5.41 Å². The number of alkyl halides is 2. The lowest BCUT2D eigenvalue weighted by Gasteiger charge is -1.99. The fourth-order valence-corrected chi connectivity index (χ4v) is 2.06. The molecule has 78 valence electrons. The quantitative estimate of drug-likeness (QED) is 0.732. The van der Waals surface area contributed by atoms with Crippen LogP contribution < -0.4 is 0 Å². The molecular formula is C3H4F3NO4S2. The van der Waals surface area contributed by atoms with Crippen LogP contribution in [0.2, 0.25) is 0 Å². The van der Waals surface area contributed by atoms with Crippen LogP contribution in [0, 0.1) is 0 Å². The highest BCUT2D eigenvalue weighted by Gasteiger charge is 2.27. The van der Waals surface area contributed by atoms with Gasteiger partial charge in [-0.2, -0.15) is 17.2 Å². The number of nitrogens with zero attached hydrogens (tertiary/aromatic N) is 1. The van der Waals surface area contributed by atoms with Crippen LogP contribution in [-0.4, -0.2) is 18.4 Å². The maximum Gasteiger partial charge on any atom is 0.346 e. The Balaban J connectivity index is 5.48. The van der Waals surface area contributed by atoms with Crippen molar-refractivity contribution >= 4 is 20.0 Å². The molecule has 1 unspecified atom stereocenters. The van der Waals surface area contributed by atoms with Crippen LogP contribution >= 0.6 is 0 Å². The average Bonchev–Trinajstić information content (AvgIpc) is 2.03. The molecule has 1 atom stereocenters. The monoisotopic (exact) mass is 239 g/mol. The third-order valence-corrected chi connectivity index (χ3v) is 3.45. The van der Waals surface area contributed by atoms with Gasteiger partial charge in [0.05, 0.1) is 0 Å². The SMILES string of the molecule is C=CS(=O)(=O)N=S(=O)(OF)C(F)F. The Bertz CT molecular complexity index is 393. The Kier molecular flexibility index (Phi) is 3.88. The van der Waals surface area contributed by atoms with Gasteiger partial charge in [-0.25, -0.2) is 4.21 Å². The largest absolute Gasteiger partial charge is 0.346 e. The molecule has 0 bridgehead atoms. The van der Waals surface area contributed by atoms with Gasteiger partial charge in [-0.05, 0) is 4.53 Å². The Hall–Kier alpha value is -0.610. The van der Waals surface area contributed by atoms with E-state index in [2.05, 4.69) is 11.0 Å². The second kappa shape index (κ2) is 4.07. The summed E-state index contributed by atoms with van der Waals surface area (Å²) in [4.78, 5) is 0. The van der Waals surface area contributed by atoms with Gasteiger partial charge >= 0.3 is 5.76 Å². The summed E-state index contributed by atoms with van der Waals surface area (Å²) in [5.41, 5.74) is 0. The zero-order valence-corrected chi connectivity index (χ0v) is 7.53. The summed E-state index contributed by atoms with van der Waals surface area (Å²) >= 11 is 0. The van der Waals surface area contributed by atoms with Gasteiger partial charge in [-0.3, -0.25) is 0 Å². The summed E-state index contributed by atoms with van der Waals surface area (Å²) < 4.78 is 70.4. The van der Waals surface area contributed by atoms with E-state index in [9.17, 15) is 25.9 Å². The van der Waals surface area contributed by atoms with E-state index in [1.54, 1.807) is 0 Å². The molecule has 0 fully saturated rings. The number of hydrogen-bond donors (Lipinski definition) is 0. The molecule has 0 aromatic rings. The van der Waals surface area contributed by atoms with Gasteiger partial charge in [0.2, 0.25) is 0 Å². The van der Waals surface area contributed by atoms with Gasteiger partial charge in [0.15, 0.2) is 0 Å². The maximum atomic E-state index is 11.7. The van der Waals surface area contributed by atoms with Gasteiger partial charge in [-0.1, -0.05) is 14.7 Å². The first-order valence-corrected chi connectivity index (χ1v) is 5.51. The van der Waals surface area contributed by atoms with Crippen LogP contribution in [0.3, 0.4) is 0 Å². The minimum atomic E-state index is -5.15. The molecule has 0 aromatic heterocycles. The summed E-state index contributed by atoms with van der Waals surface area (Å²) in [6.07, 6.45) is 0. The third kappa shape index (κ3) is 3.32. The normalized spacial score (nSPS) is 16.6. The standard InChI is InChI=1S/C3H4F3NO4S2/c1-2-12(8,9)7-13(10,11-6)3(4)5/h2-3H,1H2. The predicted octanol–water partition coefficient (Wildman–Crippen LogP) is 0.966. The molecule has 10 heteroatoms. The van der Waals surface area contributed by atoms with E-state index in [0.29, 0.717) is 0 Å². The van der Waals surface area contributed by atoms with Crippen molar-refractivity contribution in [2.24, 2.45) is 3.77 Å². The molecule has 0 aliphatic carbocycles. The molecule has 0 aliphatic rings. The summed E-state index contributed by atoms with van der Waals surface area (Å²) in [6, 6.07) is 0. The molecule has 0 heterocycles. The molecule has 0 rings (SSSR count). The fourth-order valence-electron chi connectivity index (χ4n) is 0.247. The Morgan fingerprint density at radius 3 is 2.08 bits per heavy atom. The lowest BCUT2D eigenvalue weighted by Crippen LogP contribution is -2.12. The van der Waals surface area contributed by atoms with Crippen molar-refractivity contribution in [2.75, 3.05) is 0 Å². The summed E-state index contributed by atoms with van der Waals surface area (Å²) in [7, 11) is -9.71. The van der Waals surface area contributed by atoms with Gasteiger partial charge in [0, 0.05) is 5.41 Å². The minimum absolute atomic E-state index is 0.133. The number of hydrogen-bond acceptors (Lipinski definition) is 4. The van der Waals surface area contributed by atoms with Crippen molar-refractivity contribution < 1.29 is 30.3 Å². The summed E-state index contributed by atoms with van der Waals surface area (Å²) in [5.74, 6) is -3.87. The van der Waals surface area contributed by atoms with Crippen molar-refractivity contribution in [1.82, 2.24) is 0 Å². The predicted molar refractivity (Wildman–Crippen MR) is 37.9 cm³/mol. The van der Waals surface area contributed by atoms with E-state index < -0.39 is 25.8 Å². The van der Waals surface area contributed by atoms with E-state index in [1.165, 1.54) is 0 Å². The molecule has 13 heavy (non-hydrogen) atoms. The Morgan fingerprint density at radius 1 is 1.38 bits per heavy atom. The zero-order chi connectivity index (χ0) is 10.7. The van der Waals surface area contributed by atoms with Crippen molar-refractivity contribution in [2.45, 2.75) is 5.76 Å². The second-order valence-electron chi connectivity index (χ2n) is 1.59. The van der Waals surface area contributed by atoms with Crippen LogP contribution in [0.4, 0.5) is 13.3 Å². The van der Waals surface area contributed by atoms with Crippen molar-refractivity contribution in [3.8, 4) is 0 Å². The molecule has 0 N–H and O–H groups in total. The van der Waals surface area contributed by atoms with Gasteiger partial charge in [-0.15, -0.1) is 0 Å².